The molecular formula is C15H21N5O. The van der Waals surface area contributed by atoms with Crippen molar-refractivity contribution in [2.24, 2.45) is 0 Å². The minimum absolute atomic E-state index is 0.0226. The maximum Gasteiger partial charge on any atom is 0.164 e. The average molecular weight is 287 g/mol. The minimum Gasteiger partial charge on any atom is -0.390 e. The Balaban J connectivity index is 2.04. The number of nitrogens with one attached hydrogen (secondary N) is 3. The van der Waals surface area contributed by atoms with Crippen LogP contribution in [0, 0.1) is 13.8 Å². The molecule has 2 aromatic heterocycles. The minimum atomic E-state index is -0.396. The van der Waals surface area contributed by atoms with Gasteiger partial charge in [-0.15, -0.1) is 0 Å². The van der Waals surface area contributed by atoms with Crippen LogP contribution in [0.2, 0.25) is 0 Å². The van der Waals surface area contributed by atoms with Gasteiger partial charge in [-0.2, -0.15) is 0 Å². The van der Waals surface area contributed by atoms with E-state index in [-0.39, 0.29) is 6.04 Å². The molecule has 1 aliphatic heterocycles. The molecule has 3 heterocycles. The van der Waals surface area contributed by atoms with E-state index in [2.05, 4.69) is 38.9 Å². The number of aliphatic hydroxyl groups is 1. The fourth-order valence-corrected chi connectivity index (χ4v) is 2.86. The molecular weight excluding hydrogens is 266 g/mol. The number of hydrogen-bond acceptors (Lipinski definition) is 6. The molecule has 21 heavy (non-hydrogen) atoms. The Labute approximate surface area is 124 Å². The van der Waals surface area contributed by atoms with Gasteiger partial charge in [-0.1, -0.05) is 0 Å². The number of pyridine rings is 2. The Bertz CT molecular complexity index is 673. The van der Waals surface area contributed by atoms with E-state index in [0.717, 1.165) is 40.3 Å². The summed E-state index contributed by atoms with van der Waals surface area (Å²) in [5.74, 6) is 0.733. The lowest BCUT2D eigenvalue weighted by Crippen LogP contribution is -2.32. The van der Waals surface area contributed by atoms with E-state index in [0.29, 0.717) is 6.54 Å². The molecule has 0 aliphatic carbocycles. The number of aryl methyl sites for hydroxylation is 2. The van der Waals surface area contributed by atoms with Crippen molar-refractivity contribution in [3.05, 3.63) is 23.4 Å². The molecule has 1 fully saturated rings. The van der Waals surface area contributed by atoms with Gasteiger partial charge in [0.05, 0.1) is 12.1 Å². The van der Waals surface area contributed by atoms with Crippen molar-refractivity contribution < 1.29 is 5.11 Å². The summed E-state index contributed by atoms with van der Waals surface area (Å²) in [7, 11) is 1.89. The molecule has 1 saturated heterocycles. The van der Waals surface area contributed by atoms with Crippen molar-refractivity contribution in [3.8, 4) is 0 Å². The number of aliphatic hydroxyl groups excluding tert-OH is 1. The molecule has 2 atom stereocenters. The van der Waals surface area contributed by atoms with Crippen molar-refractivity contribution >= 4 is 22.5 Å². The third-order valence-electron chi connectivity index (χ3n) is 3.89. The summed E-state index contributed by atoms with van der Waals surface area (Å²) in [6.07, 6.45) is -0.396. The highest BCUT2D eigenvalue weighted by Crippen LogP contribution is 2.28. The quantitative estimate of drug-likeness (QED) is 0.675. The van der Waals surface area contributed by atoms with Crippen LogP contribution in [-0.4, -0.2) is 47.4 Å². The maximum atomic E-state index is 9.89. The number of anilines is 2. The van der Waals surface area contributed by atoms with E-state index in [4.69, 9.17) is 0 Å². The standard InChI is InChI=1S/C15H21N5O/c1-8-4-9(2)18-15-14(8)10(16-3)5-13(20-15)19-11-6-17-7-12(11)21/h4-5,11-12,17,21H,6-7H2,1-3H3,(H2,16,18,19,20). The Hall–Kier alpha value is -1.92. The van der Waals surface area contributed by atoms with E-state index in [1.165, 1.54) is 0 Å². The van der Waals surface area contributed by atoms with Crippen LogP contribution in [-0.2, 0) is 0 Å². The molecule has 112 valence electrons. The van der Waals surface area contributed by atoms with E-state index in [9.17, 15) is 5.11 Å². The first-order chi connectivity index (χ1) is 10.1. The van der Waals surface area contributed by atoms with E-state index in [1.54, 1.807) is 0 Å². The topological polar surface area (TPSA) is 82.1 Å². The van der Waals surface area contributed by atoms with Gasteiger partial charge in [0.15, 0.2) is 5.65 Å². The molecule has 0 spiro atoms. The first-order valence-corrected chi connectivity index (χ1v) is 7.20. The molecule has 0 aromatic carbocycles. The van der Waals surface area contributed by atoms with E-state index >= 15 is 0 Å². The largest absolute Gasteiger partial charge is 0.390 e. The van der Waals surface area contributed by atoms with Crippen molar-refractivity contribution in [1.82, 2.24) is 15.3 Å². The van der Waals surface area contributed by atoms with Crippen molar-refractivity contribution in [1.29, 1.82) is 0 Å². The molecule has 2 unspecified atom stereocenters. The van der Waals surface area contributed by atoms with Crippen LogP contribution >= 0.6 is 0 Å². The number of aromatic nitrogens is 2. The highest BCUT2D eigenvalue weighted by atomic mass is 16.3. The summed E-state index contributed by atoms with van der Waals surface area (Å²) < 4.78 is 0. The summed E-state index contributed by atoms with van der Waals surface area (Å²) >= 11 is 0. The van der Waals surface area contributed by atoms with Crippen LogP contribution in [0.15, 0.2) is 12.1 Å². The van der Waals surface area contributed by atoms with Crippen LogP contribution in [0.25, 0.3) is 11.0 Å². The summed E-state index contributed by atoms with van der Waals surface area (Å²) in [5, 5.41) is 20.6. The zero-order chi connectivity index (χ0) is 15.0. The molecule has 6 heteroatoms. The number of hydrogen-bond donors (Lipinski definition) is 4. The molecule has 4 N–H and O–H groups in total. The van der Waals surface area contributed by atoms with E-state index < -0.39 is 6.10 Å². The Kier molecular flexibility index (Phi) is 3.65. The van der Waals surface area contributed by atoms with Crippen LogP contribution in [0.1, 0.15) is 11.3 Å². The second kappa shape index (κ2) is 5.46. The molecule has 0 saturated carbocycles. The Morgan fingerprint density at radius 3 is 2.71 bits per heavy atom. The van der Waals surface area contributed by atoms with Gasteiger partial charge in [0.25, 0.3) is 0 Å². The van der Waals surface area contributed by atoms with E-state index in [1.807, 2.05) is 20.0 Å². The van der Waals surface area contributed by atoms with Gasteiger partial charge in [-0.3, -0.25) is 0 Å². The highest BCUT2D eigenvalue weighted by Gasteiger charge is 2.25. The Morgan fingerprint density at radius 2 is 2.05 bits per heavy atom. The molecule has 3 rings (SSSR count). The summed E-state index contributed by atoms with van der Waals surface area (Å²) in [4.78, 5) is 9.13. The fourth-order valence-electron chi connectivity index (χ4n) is 2.86. The summed E-state index contributed by atoms with van der Waals surface area (Å²) in [6.45, 7) is 5.38. The second-order valence-electron chi connectivity index (χ2n) is 5.56. The number of β-amino-alcohol motifs (C(OH)–C–C–N with tert-alkyl or cyclic N) is 1. The number of fused-ring (bicyclic) bond motifs is 1. The summed E-state index contributed by atoms with van der Waals surface area (Å²) in [6, 6.07) is 4.01. The van der Waals surface area contributed by atoms with Crippen molar-refractivity contribution in [3.63, 3.8) is 0 Å². The second-order valence-corrected chi connectivity index (χ2v) is 5.56. The molecule has 6 nitrogen and oxygen atoms in total. The SMILES string of the molecule is CNc1cc(NC2CNCC2O)nc2nc(C)cc(C)c12. The van der Waals surface area contributed by atoms with Gasteiger partial charge in [-0.25, -0.2) is 9.97 Å². The van der Waals surface area contributed by atoms with Gasteiger partial charge in [0.1, 0.15) is 5.82 Å². The zero-order valence-corrected chi connectivity index (χ0v) is 12.6. The highest BCUT2D eigenvalue weighted by molar-refractivity contribution is 5.93. The van der Waals surface area contributed by atoms with Crippen LogP contribution in [0.5, 0.6) is 0 Å². The first-order valence-electron chi connectivity index (χ1n) is 7.20. The lowest BCUT2D eigenvalue weighted by molar-refractivity contribution is 0.185. The van der Waals surface area contributed by atoms with Crippen molar-refractivity contribution in [2.45, 2.75) is 26.0 Å². The van der Waals surface area contributed by atoms with Crippen LogP contribution in [0.4, 0.5) is 11.5 Å². The third-order valence-corrected chi connectivity index (χ3v) is 3.89. The monoisotopic (exact) mass is 287 g/mol. The van der Waals surface area contributed by atoms with Gasteiger partial charge in [-0.05, 0) is 25.5 Å². The molecule has 1 aliphatic rings. The molecule has 0 amide bonds. The predicted molar refractivity (Wildman–Crippen MR) is 84.8 cm³/mol. The lowest BCUT2D eigenvalue weighted by Gasteiger charge is -2.18. The van der Waals surface area contributed by atoms with Crippen LogP contribution in [0.3, 0.4) is 0 Å². The molecule has 2 aromatic rings. The van der Waals surface area contributed by atoms with Crippen molar-refractivity contribution in [2.75, 3.05) is 30.8 Å². The summed E-state index contributed by atoms with van der Waals surface area (Å²) in [5.41, 5.74) is 3.83. The maximum absolute atomic E-state index is 9.89. The van der Waals surface area contributed by atoms with Gasteiger partial charge in [0, 0.05) is 43.0 Å². The van der Waals surface area contributed by atoms with Gasteiger partial charge in [0.2, 0.25) is 0 Å². The number of rotatable bonds is 3. The normalized spacial score (nSPS) is 21.7. The molecule has 0 bridgehead atoms. The molecule has 0 radical (unpaired) electrons. The third kappa shape index (κ3) is 2.64. The Morgan fingerprint density at radius 1 is 1.24 bits per heavy atom. The van der Waals surface area contributed by atoms with Crippen LogP contribution < -0.4 is 16.0 Å². The number of nitrogens with zero attached hydrogens (tertiary/aromatic N) is 2. The zero-order valence-electron chi connectivity index (χ0n) is 12.6. The fraction of sp³-hybridized carbons (Fsp3) is 0.467. The van der Waals surface area contributed by atoms with Gasteiger partial charge >= 0.3 is 0 Å². The van der Waals surface area contributed by atoms with Gasteiger partial charge < -0.3 is 21.1 Å². The lowest BCUT2D eigenvalue weighted by atomic mass is 10.1. The predicted octanol–water partition coefficient (Wildman–Crippen LogP) is 1.03. The average Bonchev–Trinajstić information content (AvgIpc) is 2.82. The first kappa shape index (κ1) is 14.0. The smallest absolute Gasteiger partial charge is 0.164 e.